The topological polar surface area (TPSA) is 42.0 Å². The van der Waals surface area contributed by atoms with Gasteiger partial charge in [-0.05, 0) is 35.2 Å². The molecule has 3 heteroatoms. The van der Waals surface area contributed by atoms with Crippen LogP contribution >= 0.6 is 0 Å². The molecule has 0 aliphatic rings. The van der Waals surface area contributed by atoms with Gasteiger partial charge in [0.2, 0.25) is 0 Å². The molecular formula is C16H18N2O. The van der Waals surface area contributed by atoms with Gasteiger partial charge in [0, 0.05) is 11.8 Å². The molecule has 0 bridgehead atoms. The van der Waals surface area contributed by atoms with Gasteiger partial charge in [-0.2, -0.15) is 0 Å². The normalized spacial score (nSPS) is 11.1. The molecular weight excluding hydrogens is 236 g/mol. The average Bonchev–Trinajstić information content (AvgIpc) is 2.39. The summed E-state index contributed by atoms with van der Waals surface area (Å²) in [5.74, 6) is 0.445. The number of nitrogens with one attached hydrogen (secondary N) is 1. The SMILES string of the molecule is CC(C)(C)c1ccnc(NC(=O)c2ccccc2)c1. The number of amides is 1. The van der Waals surface area contributed by atoms with Gasteiger partial charge in [-0.25, -0.2) is 4.98 Å². The van der Waals surface area contributed by atoms with E-state index in [0.717, 1.165) is 5.56 Å². The quantitative estimate of drug-likeness (QED) is 0.889. The van der Waals surface area contributed by atoms with Crippen LogP contribution in [0.4, 0.5) is 5.82 Å². The average molecular weight is 254 g/mol. The molecule has 1 amide bonds. The van der Waals surface area contributed by atoms with Gasteiger partial charge in [0.1, 0.15) is 5.82 Å². The highest BCUT2D eigenvalue weighted by atomic mass is 16.1. The summed E-state index contributed by atoms with van der Waals surface area (Å²) in [6, 6.07) is 13.0. The first-order valence-electron chi connectivity index (χ1n) is 6.30. The van der Waals surface area contributed by atoms with Gasteiger partial charge >= 0.3 is 0 Å². The molecule has 2 aromatic rings. The van der Waals surface area contributed by atoms with Crippen molar-refractivity contribution >= 4 is 11.7 Å². The summed E-state index contributed by atoms with van der Waals surface area (Å²) in [5.41, 5.74) is 1.81. The van der Waals surface area contributed by atoms with Crippen molar-refractivity contribution in [2.45, 2.75) is 26.2 Å². The van der Waals surface area contributed by atoms with Crippen LogP contribution in [-0.2, 0) is 5.41 Å². The predicted molar refractivity (Wildman–Crippen MR) is 77.3 cm³/mol. The van der Waals surface area contributed by atoms with Gasteiger partial charge in [0.15, 0.2) is 0 Å². The van der Waals surface area contributed by atoms with Gasteiger partial charge in [-0.1, -0.05) is 39.0 Å². The second-order valence-electron chi connectivity index (χ2n) is 5.50. The minimum absolute atomic E-state index is 0.0369. The summed E-state index contributed by atoms with van der Waals surface area (Å²) in [5, 5.41) is 2.82. The maximum Gasteiger partial charge on any atom is 0.256 e. The number of pyridine rings is 1. The van der Waals surface area contributed by atoms with E-state index in [1.165, 1.54) is 0 Å². The van der Waals surface area contributed by atoms with Crippen LogP contribution < -0.4 is 5.32 Å². The van der Waals surface area contributed by atoms with Crippen molar-refractivity contribution in [3.05, 3.63) is 59.8 Å². The Balaban J connectivity index is 2.18. The first-order chi connectivity index (χ1) is 8.97. The van der Waals surface area contributed by atoms with Gasteiger partial charge in [-0.15, -0.1) is 0 Å². The summed E-state index contributed by atoms with van der Waals surface area (Å²) < 4.78 is 0. The van der Waals surface area contributed by atoms with Crippen LogP contribution in [0.15, 0.2) is 48.7 Å². The fourth-order valence-electron chi connectivity index (χ4n) is 1.74. The Morgan fingerprint density at radius 1 is 1.11 bits per heavy atom. The number of nitrogens with zero attached hydrogens (tertiary/aromatic N) is 1. The smallest absolute Gasteiger partial charge is 0.256 e. The standard InChI is InChI=1S/C16H18N2O/c1-16(2,3)13-9-10-17-14(11-13)18-15(19)12-7-5-4-6-8-12/h4-11H,1-3H3,(H,17,18,19). The van der Waals surface area contributed by atoms with E-state index in [0.29, 0.717) is 11.4 Å². The van der Waals surface area contributed by atoms with Crippen molar-refractivity contribution in [1.29, 1.82) is 0 Å². The Hall–Kier alpha value is -2.16. The lowest BCUT2D eigenvalue weighted by atomic mass is 9.88. The number of hydrogen-bond acceptors (Lipinski definition) is 2. The molecule has 0 unspecified atom stereocenters. The molecule has 0 spiro atoms. The number of hydrogen-bond donors (Lipinski definition) is 1. The van der Waals surface area contributed by atoms with Crippen LogP contribution in [0.1, 0.15) is 36.7 Å². The molecule has 0 atom stereocenters. The highest BCUT2D eigenvalue weighted by Crippen LogP contribution is 2.23. The zero-order valence-corrected chi connectivity index (χ0v) is 11.5. The number of benzene rings is 1. The van der Waals surface area contributed by atoms with Crippen molar-refractivity contribution in [2.75, 3.05) is 5.32 Å². The predicted octanol–water partition coefficient (Wildman–Crippen LogP) is 3.63. The lowest BCUT2D eigenvalue weighted by Crippen LogP contribution is -2.15. The minimum Gasteiger partial charge on any atom is -0.307 e. The molecule has 19 heavy (non-hydrogen) atoms. The minimum atomic E-state index is -0.140. The Labute approximate surface area is 113 Å². The van der Waals surface area contributed by atoms with Crippen molar-refractivity contribution in [2.24, 2.45) is 0 Å². The van der Waals surface area contributed by atoms with E-state index in [-0.39, 0.29) is 11.3 Å². The highest BCUT2D eigenvalue weighted by Gasteiger charge is 2.15. The molecule has 1 aromatic heterocycles. The molecule has 0 aliphatic heterocycles. The van der Waals surface area contributed by atoms with Crippen LogP contribution in [0.5, 0.6) is 0 Å². The summed E-state index contributed by atoms with van der Waals surface area (Å²) >= 11 is 0. The lowest BCUT2D eigenvalue weighted by Gasteiger charge is -2.19. The first-order valence-corrected chi connectivity index (χ1v) is 6.30. The maximum atomic E-state index is 12.0. The number of anilines is 1. The van der Waals surface area contributed by atoms with Crippen molar-refractivity contribution < 1.29 is 4.79 Å². The van der Waals surface area contributed by atoms with Crippen LogP contribution in [-0.4, -0.2) is 10.9 Å². The summed E-state index contributed by atoms with van der Waals surface area (Å²) in [6.07, 6.45) is 1.72. The third-order valence-electron chi connectivity index (χ3n) is 2.90. The molecule has 1 heterocycles. The van der Waals surface area contributed by atoms with E-state index < -0.39 is 0 Å². The molecule has 3 nitrogen and oxygen atoms in total. The largest absolute Gasteiger partial charge is 0.307 e. The van der Waals surface area contributed by atoms with Crippen molar-refractivity contribution in [3.8, 4) is 0 Å². The molecule has 0 aliphatic carbocycles. The summed E-state index contributed by atoms with van der Waals surface area (Å²) in [6.45, 7) is 6.39. The third kappa shape index (κ3) is 3.41. The second-order valence-corrected chi connectivity index (χ2v) is 5.50. The monoisotopic (exact) mass is 254 g/mol. The fraction of sp³-hybridized carbons (Fsp3) is 0.250. The molecule has 1 aromatic carbocycles. The summed E-state index contributed by atoms with van der Waals surface area (Å²) in [4.78, 5) is 16.2. The number of carbonyl (C=O) groups is 1. The Kier molecular flexibility index (Phi) is 3.65. The number of carbonyl (C=O) groups excluding carboxylic acids is 1. The van der Waals surface area contributed by atoms with E-state index in [2.05, 4.69) is 31.1 Å². The van der Waals surface area contributed by atoms with E-state index in [9.17, 15) is 4.79 Å². The molecule has 0 saturated heterocycles. The van der Waals surface area contributed by atoms with E-state index >= 15 is 0 Å². The lowest BCUT2D eigenvalue weighted by molar-refractivity contribution is 0.102. The Morgan fingerprint density at radius 3 is 2.42 bits per heavy atom. The van der Waals surface area contributed by atoms with E-state index in [1.807, 2.05) is 30.3 Å². The number of rotatable bonds is 2. The molecule has 1 N–H and O–H groups in total. The van der Waals surface area contributed by atoms with Gasteiger partial charge in [0.05, 0.1) is 0 Å². The first kappa shape index (κ1) is 13.3. The van der Waals surface area contributed by atoms with Crippen molar-refractivity contribution in [1.82, 2.24) is 4.98 Å². The molecule has 98 valence electrons. The zero-order valence-electron chi connectivity index (χ0n) is 11.5. The van der Waals surface area contributed by atoms with Crippen molar-refractivity contribution in [3.63, 3.8) is 0 Å². The molecule has 0 radical (unpaired) electrons. The zero-order chi connectivity index (χ0) is 13.9. The summed E-state index contributed by atoms with van der Waals surface area (Å²) in [7, 11) is 0. The van der Waals surface area contributed by atoms with Crippen LogP contribution in [0.2, 0.25) is 0 Å². The Bertz CT molecular complexity index is 571. The molecule has 0 fully saturated rings. The van der Waals surface area contributed by atoms with Crippen LogP contribution in [0.25, 0.3) is 0 Å². The van der Waals surface area contributed by atoms with Gasteiger partial charge < -0.3 is 5.32 Å². The number of aromatic nitrogens is 1. The third-order valence-corrected chi connectivity index (χ3v) is 2.90. The molecule has 2 rings (SSSR count). The van der Waals surface area contributed by atoms with Gasteiger partial charge in [0.25, 0.3) is 5.91 Å². The van der Waals surface area contributed by atoms with Crippen LogP contribution in [0.3, 0.4) is 0 Å². The van der Waals surface area contributed by atoms with Gasteiger partial charge in [-0.3, -0.25) is 4.79 Å². The second kappa shape index (κ2) is 5.22. The van der Waals surface area contributed by atoms with Crippen LogP contribution in [0, 0.1) is 0 Å². The Morgan fingerprint density at radius 2 is 1.79 bits per heavy atom. The highest BCUT2D eigenvalue weighted by molar-refractivity contribution is 6.03. The molecule has 0 saturated carbocycles. The van der Waals surface area contributed by atoms with E-state index in [4.69, 9.17) is 0 Å². The fourth-order valence-corrected chi connectivity index (χ4v) is 1.74. The maximum absolute atomic E-state index is 12.0. The van der Waals surface area contributed by atoms with E-state index in [1.54, 1.807) is 18.3 Å².